The third-order valence-corrected chi connectivity index (χ3v) is 6.13. The van der Waals surface area contributed by atoms with Crippen LogP contribution in [0.2, 0.25) is 0 Å². The summed E-state index contributed by atoms with van der Waals surface area (Å²) in [5.74, 6) is -0.492. The van der Waals surface area contributed by atoms with E-state index in [1.54, 1.807) is 24.3 Å². The van der Waals surface area contributed by atoms with Crippen LogP contribution in [0.25, 0.3) is 0 Å². The largest absolute Gasteiger partial charge is 0.322 e. The van der Waals surface area contributed by atoms with Crippen molar-refractivity contribution in [2.24, 2.45) is 23.7 Å². The van der Waals surface area contributed by atoms with E-state index in [1.165, 1.54) is 4.90 Å². The van der Waals surface area contributed by atoms with Crippen molar-refractivity contribution in [1.82, 2.24) is 0 Å². The number of hydrogen-bond donors (Lipinski definition) is 1. The van der Waals surface area contributed by atoms with Gasteiger partial charge >= 0.3 is 0 Å². The van der Waals surface area contributed by atoms with Crippen LogP contribution >= 0.6 is 0 Å². The number of imide groups is 1. The van der Waals surface area contributed by atoms with Crippen LogP contribution in [-0.2, 0) is 9.59 Å². The number of allylic oxidation sites excluding steroid dienone is 2. The highest BCUT2D eigenvalue weighted by atomic mass is 16.2. The first-order chi connectivity index (χ1) is 13.5. The first-order valence-electron chi connectivity index (χ1n) is 9.57. The summed E-state index contributed by atoms with van der Waals surface area (Å²) in [6, 6.07) is 14.2. The monoisotopic (exact) mass is 372 g/mol. The van der Waals surface area contributed by atoms with Gasteiger partial charge in [-0.15, -0.1) is 0 Å². The highest BCUT2D eigenvalue weighted by Gasteiger charge is 2.59. The van der Waals surface area contributed by atoms with Gasteiger partial charge in [-0.1, -0.05) is 24.3 Å². The van der Waals surface area contributed by atoms with Crippen LogP contribution in [0.15, 0.2) is 60.7 Å². The van der Waals surface area contributed by atoms with E-state index in [0.29, 0.717) is 11.3 Å². The molecule has 1 aliphatic heterocycles. The average Bonchev–Trinajstić information content (AvgIpc) is 3.36. The third kappa shape index (κ3) is 2.50. The van der Waals surface area contributed by atoms with Crippen LogP contribution in [0.1, 0.15) is 22.3 Å². The lowest BCUT2D eigenvalue weighted by Gasteiger charge is -2.17. The maximum Gasteiger partial charge on any atom is 0.255 e. The molecule has 140 valence electrons. The van der Waals surface area contributed by atoms with E-state index in [9.17, 15) is 14.4 Å². The van der Waals surface area contributed by atoms with Crippen molar-refractivity contribution < 1.29 is 14.4 Å². The molecule has 2 aromatic rings. The van der Waals surface area contributed by atoms with E-state index in [4.69, 9.17) is 0 Å². The third-order valence-electron chi connectivity index (χ3n) is 6.13. The summed E-state index contributed by atoms with van der Waals surface area (Å²) in [7, 11) is 0. The van der Waals surface area contributed by atoms with Crippen LogP contribution in [0.4, 0.5) is 11.4 Å². The molecule has 0 radical (unpaired) electrons. The molecule has 5 heteroatoms. The predicted molar refractivity (Wildman–Crippen MR) is 106 cm³/mol. The van der Waals surface area contributed by atoms with Crippen molar-refractivity contribution in [3.63, 3.8) is 0 Å². The van der Waals surface area contributed by atoms with Gasteiger partial charge in [-0.3, -0.25) is 19.3 Å². The molecule has 28 heavy (non-hydrogen) atoms. The Morgan fingerprint density at radius 2 is 1.61 bits per heavy atom. The first-order valence-corrected chi connectivity index (χ1v) is 9.57. The number of nitrogens with one attached hydrogen (secondary N) is 1. The van der Waals surface area contributed by atoms with Gasteiger partial charge in [-0.05, 0) is 67.1 Å². The zero-order chi connectivity index (χ0) is 19.4. The highest BCUT2D eigenvalue weighted by molar-refractivity contribution is 6.23. The fourth-order valence-electron chi connectivity index (χ4n) is 4.84. The second kappa shape index (κ2) is 6.16. The molecule has 4 atom stereocenters. The van der Waals surface area contributed by atoms with Gasteiger partial charge in [0.05, 0.1) is 17.5 Å². The number of carbonyl (C=O) groups excluding carboxylic acids is 3. The minimum absolute atomic E-state index is 0.108. The fraction of sp³-hybridized carbons (Fsp3) is 0.261. The smallest absolute Gasteiger partial charge is 0.255 e. The molecular weight excluding hydrogens is 352 g/mol. The second-order valence-electron chi connectivity index (χ2n) is 7.88. The van der Waals surface area contributed by atoms with Gasteiger partial charge in [0.25, 0.3) is 5.91 Å². The van der Waals surface area contributed by atoms with E-state index in [2.05, 4.69) is 17.5 Å². The lowest BCUT2D eigenvalue weighted by Crippen LogP contribution is -2.32. The summed E-state index contributed by atoms with van der Waals surface area (Å²) < 4.78 is 0. The number of nitrogens with zero attached hydrogens (tertiary/aromatic N) is 1. The number of anilines is 2. The van der Waals surface area contributed by atoms with Gasteiger partial charge in [0.1, 0.15) is 0 Å². The van der Waals surface area contributed by atoms with Crippen molar-refractivity contribution in [3.05, 3.63) is 71.8 Å². The molecule has 3 aliphatic rings. The zero-order valence-electron chi connectivity index (χ0n) is 15.5. The molecule has 0 unspecified atom stereocenters. The van der Waals surface area contributed by atoms with Gasteiger partial charge in [-0.25, -0.2) is 0 Å². The summed E-state index contributed by atoms with van der Waals surface area (Å²) in [4.78, 5) is 39.5. The summed E-state index contributed by atoms with van der Waals surface area (Å²) >= 11 is 0. The Labute approximate surface area is 163 Å². The number of rotatable bonds is 3. The van der Waals surface area contributed by atoms with E-state index in [-0.39, 0.29) is 41.4 Å². The maximum atomic E-state index is 12.9. The Morgan fingerprint density at radius 1 is 0.964 bits per heavy atom. The molecule has 2 aromatic carbocycles. The fourth-order valence-corrected chi connectivity index (χ4v) is 4.84. The molecule has 1 N–H and O–H groups in total. The molecular formula is C23H20N2O3. The molecule has 0 aromatic heterocycles. The van der Waals surface area contributed by atoms with Crippen molar-refractivity contribution >= 4 is 29.1 Å². The molecule has 1 heterocycles. The molecule has 2 aliphatic carbocycles. The lowest BCUT2D eigenvalue weighted by atomic mass is 9.85. The number of aryl methyl sites for hydroxylation is 1. The van der Waals surface area contributed by atoms with Crippen molar-refractivity contribution in [2.45, 2.75) is 13.3 Å². The summed E-state index contributed by atoms with van der Waals surface area (Å²) in [6.07, 6.45) is 5.08. The van der Waals surface area contributed by atoms with Crippen LogP contribution in [0, 0.1) is 30.6 Å². The molecule has 2 fully saturated rings. The Bertz CT molecular complexity index is 994. The predicted octanol–water partition coefficient (Wildman–Crippen LogP) is 3.56. The van der Waals surface area contributed by atoms with Gasteiger partial charge in [-0.2, -0.15) is 0 Å². The zero-order valence-corrected chi connectivity index (χ0v) is 15.5. The standard InChI is InChI=1S/C23H20N2O3/c1-13-3-2-4-17(11-13)24-21(26)14-7-9-18(10-8-14)25-22(27)19-15-5-6-16(12-15)20(19)23(25)28/h2-11,15-16,19-20H,12H2,1H3,(H,24,26)/t15-,16-,19-,20-/m0/s1. The van der Waals surface area contributed by atoms with E-state index >= 15 is 0 Å². The molecule has 5 rings (SSSR count). The second-order valence-corrected chi connectivity index (χ2v) is 7.88. The van der Waals surface area contributed by atoms with Gasteiger partial charge < -0.3 is 5.32 Å². The topological polar surface area (TPSA) is 66.5 Å². The Balaban J connectivity index is 1.35. The van der Waals surface area contributed by atoms with Crippen molar-refractivity contribution in [2.75, 3.05) is 10.2 Å². The number of amides is 3. The molecule has 3 amide bonds. The molecule has 0 spiro atoms. The minimum Gasteiger partial charge on any atom is -0.322 e. The highest BCUT2D eigenvalue weighted by Crippen LogP contribution is 2.53. The molecule has 5 nitrogen and oxygen atoms in total. The van der Waals surface area contributed by atoms with Gasteiger partial charge in [0.2, 0.25) is 11.8 Å². The van der Waals surface area contributed by atoms with E-state index in [1.807, 2.05) is 31.2 Å². The molecule has 1 saturated carbocycles. The van der Waals surface area contributed by atoms with E-state index < -0.39 is 0 Å². The number of benzene rings is 2. The number of hydrogen-bond acceptors (Lipinski definition) is 3. The average molecular weight is 372 g/mol. The normalized spacial score (nSPS) is 27.4. The lowest BCUT2D eigenvalue weighted by molar-refractivity contribution is -0.123. The summed E-state index contributed by atoms with van der Waals surface area (Å²) in [5, 5.41) is 2.86. The van der Waals surface area contributed by atoms with Gasteiger partial charge in [0.15, 0.2) is 0 Å². The van der Waals surface area contributed by atoms with Crippen LogP contribution in [0.3, 0.4) is 0 Å². The first kappa shape index (κ1) is 16.9. The van der Waals surface area contributed by atoms with Crippen LogP contribution < -0.4 is 10.2 Å². The van der Waals surface area contributed by atoms with Crippen LogP contribution in [-0.4, -0.2) is 17.7 Å². The SMILES string of the molecule is Cc1cccc(NC(=O)c2ccc(N3C(=O)[C@@H]4[C@@H](C3=O)[C@H]3C=C[C@H]4C3)cc2)c1. The summed E-state index contributed by atoms with van der Waals surface area (Å²) in [6.45, 7) is 1.96. The Hall–Kier alpha value is -3.21. The molecule has 2 bridgehead atoms. The summed E-state index contributed by atoms with van der Waals surface area (Å²) in [5.41, 5.74) is 2.81. The maximum absolute atomic E-state index is 12.9. The van der Waals surface area contributed by atoms with E-state index in [0.717, 1.165) is 17.7 Å². The number of carbonyl (C=O) groups is 3. The minimum atomic E-state index is -0.227. The number of fused-ring (bicyclic) bond motifs is 5. The Morgan fingerprint density at radius 3 is 2.21 bits per heavy atom. The Kier molecular flexibility index (Phi) is 3.72. The quantitative estimate of drug-likeness (QED) is 0.662. The molecule has 1 saturated heterocycles. The van der Waals surface area contributed by atoms with Crippen molar-refractivity contribution in [1.29, 1.82) is 0 Å². The van der Waals surface area contributed by atoms with Crippen molar-refractivity contribution in [3.8, 4) is 0 Å². The van der Waals surface area contributed by atoms with Crippen LogP contribution in [0.5, 0.6) is 0 Å². The van der Waals surface area contributed by atoms with Gasteiger partial charge in [0, 0.05) is 11.3 Å².